The van der Waals surface area contributed by atoms with Crippen molar-refractivity contribution in [1.29, 1.82) is 0 Å². The Labute approximate surface area is 144 Å². The number of amides is 1. The minimum atomic E-state index is -4.82. The second-order valence-corrected chi connectivity index (χ2v) is 7.34. The largest absolute Gasteiger partial charge is 0.418 e. The van der Waals surface area contributed by atoms with E-state index in [0.29, 0.717) is 23.5 Å². The zero-order valence-corrected chi connectivity index (χ0v) is 15.0. The lowest BCUT2D eigenvalue weighted by atomic mass is 10.1. The van der Waals surface area contributed by atoms with Crippen LogP contribution in [-0.4, -0.2) is 45.1 Å². The van der Waals surface area contributed by atoms with Crippen molar-refractivity contribution in [2.24, 2.45) is 0 Å². The zero-order valence-electron chi connectivity index (χ0n) is 13.4. The molecular formula is C14H18ClF3N2O3S. The SMILES string of the molecule is CCN(CC)C(=O)CN(c1ccc(Cl)cc1C(F)(F)F)S(C)(=O)=O. The first-order chi connectivity index (χ1) is 10.9. The quantitative estimate of drug-likeness (QED) is 0.755. The van der Waals surface area contributed by atoms with Gasteiger partial charge in [-0.3, -0.25) is 9.10 Å². The monoisotopic (exact) mass is 386 g/mol. The molecule has 1 amide bonds. The molecule has 10 heteroatoms. The Kier molecular flexibility index (Phi) is 6.52. The van der Waals surface area contributed by atoms with E-state index >= 15 is 0 Å². The lowest BCUT2D eigenvalue weighted by Gasteiger charge is -2.28. The predicted octanol–water partition coefficient (Wildman–Crippen LogP) is 2.99. The zero-order chi connectivity index (χ0) is 18.7. The first-order valence-electron chi connectivity index (χ1n) is 7.04. The van der Waals surface area contributed by atoms with Crippen LogP contribution in [0, 0.1) is 0 Å². The normalized spacial score (nSPS) is 12.1. The standard InChI is InChI=1S/C14H18ClF3N2O3S/c1-4-19(5-2)13(21)9-20(24(3,22)23)12-7-6-10(15)8-11(12)14(16,17)18/h6-8H,4-5,9H2,1-3H3. The predicted molar refractivity (Wildman–Crippen MR) is 86.6 cm³/mol. The van der Waals surface area contributed by atoms with E-state index in [1.165, 1.54) is 4.90 Å². The molecule has 0 bridgehead atoms. The van der Waals surface area contributed by atoms with Gasteiger partial charge >= 0.3 is 6.18 Å². The Morgan fingerprint density at radius 3 is 2.17 bits per heavy atom. The molecule has 0 atom stereocenters. The topological polar surface area (TPSA) is 57.7 Å². The first kappa shape index (κ1) is 20.6. The summed E-state index contributed by atoms with van der Waals surface area (Å²) >= 11 is 5.60. The number of halogens is 4. The Bertz CT molecular complexity index is 704. The van der Waals surface area contributed by atoms with Gasteiger partial charge < -0.3 is 4.90 Å². The van der Waals surface area contributed by atoms with E-state index in [0.717, 1.165) is 18.4 Å². The minimum absolute atomic E-state index is 0.186. The highest BCUT2D eigenvalue weighted by molar-refractivity contribution is 7.92. The summed E-state index contributed by atoms with van der Waals surface area (Å²) in [5.74, 6) is -0.589. The lowest BCUT2D eigenvalue weighted by molar-refractivity contribution is -0.137. The molecule has 1 rings (SSSR count). The molecule has 5 nitrogen and oxygen atoms in total. The van der Waals surface area contributed by atoms with Crippen molar-refractivity contribution in [2.75, 3.05) is 30.2 Å². The second kappa shape index (κ2) is 7.60. The molecule has 0 fully saturated rings. The Hall–Kier alpha value is -1.48. The number of hydrogen-bond acceptors (Lipinski definition) is 3. The number of rotatable bonds is 6. The highest BCUT2D eigenvalue weighted by Gasteiger charge is 2.37. The summed E-state index contributed by atoms with van der Waals surface area (Å²) in [5, 5.41) is -0.186. The summed E-state index contributed by atoms with van der Waals surface area (Å²) in [5.41, 5.74) is -1.84. The fourth-order valence-corrected chi connectivity index (χ4v) is 3.17. The number of anilines is 1. The molecular weight excluding hydrogens is 369 g/mol. The highest BCUT2D eigenvalue weighted by Crippen LogP contribution is 2.38. The van der Waals surface area contributed by atoms with Crippen molar-refractivity contribution in [3.63, 3.8) is 0 Å². The summed E-state index contributed by atoms with van der Waals surface area (Å²) in [7, 11) is -4.12. The first-order valence-corrected chi connectivity index (χ1v) is 9.26. The van der Waals surface area contributed by atoms with E-state index in [9.17, 15) is 26.4 Å². The molecule has 0 radical (unpaired) electrons. The van der Waals surface area contributed by atoms with Crippen LogP contribution in [0.5, 0.6) is 0 Å². The molecule has 0 heterocycles. The summed E-state index contributed by atoms with van der Waals surface area (Å²) in [6.45, 7) is 3.30. The van der Waals surface area contributed by atoms with Crippen LogP contribution in [0.15, 0.2) is 18.2 Å². The van der Waals surface area contributed by atoms with E-state index in [2.05, 4.69) is 0 Å². The van der Waals surface area contributed by atoms with Gasteiger partial charge in [-0.15, -0.1) is 0 Å². The maximum atomic E-state index is 13.2. The molecule has 0 aliphatic carbocycles. The number of sulfonamides is 1. The van der Waals surface area contributed by atoms with E-state index in [4.69, 9.17) is 11.6 Å². The maximum absolute atomic E-state index is 13.2. The Morgan fingerprint density at radius 2 is 1.75 bits per heavy atom. The maximum Gasteiger partial charge on any atom is 0.418 e. The van der Waals surface area contributed by atoms with Gasteiger partial charge in [-0.1, -0.05) is 11.6 Å². The van der Waals surface area contributed by atoms with Gasteiger partial charge in [0.05, 0.1) is 17.5 Å². The molecule has 0 unspecified atom stereocenters. The molecule has 0 spiro atoms. The van der Waals surface area contributed by atoms with Crippen LogP contribution in [0.25, 0.3) is 0 Å². The third kappa shape index (κ3) is 5.01. The summed E-state index contributed by atoms with van der Waals surface area (Å²) < 4.78 is 64.1. The van der Waals surface area contributed by atoms with Crippen LogP contribution < -0.4 is 4.31 Å². The number of alkyl halides is 3. The smallest absolute Gasteiger partial charge is 0.342 e. The number of hydrogen-bond donors (Lipinski definition) is 0. The molecule has 1 aromatic rings. The number of likely N-dealkylation sites (N-methyl/N-ethyl adjacent to an activating group) is 1. The minimum Gasteiger partial charge on any atom is -0.342 e. The van der Waals surface area contributed by atoms with Crippen LogP contribution in [-0.2, 0) is 21.0 Å². The lowest BCUT2D eigenvalue weighted by Crippen LogP contribution is -2.43. The number of carbonyl (C=O) groups excluding carboxylic acids is 1. The van der Waals surface area contributed by atoms with E-state index in [1.807, 2.05) is 0 Å². The van der Waals surface area contributed by atoms with Gasteiger partial charge in [0.1, 0.15) is 6.54 Å². The van der Waals surface area contributed by atoms with Crippen molar-refractivity contribution < 1.29 is 26.4 Å². The van der Waals surface area contributed by atoms with Gasteiger partial charge in [0.25, 0.3) is 0 Å². The van der Waals surface area contributed by atoms with Crippen LogP contribution in [0.3, 0.4) is 0 Å². The number of benzene rings is 1. The molecule has 0 aromatic heterocycles. The molecule has 0 aliphatic heterocycles. The molecule has 0 saturated heterocycles. The van der Waals surface area contributed by atoms with Crippen LogP contribution >= 0.6 is 11.6 Å². The van der Waals surface area contributed by atoms with Gasteiger partial charge in [-0.25, -0.2) is 8.42 Å². The van der Waals surface area contributed by atoms with Gasteiger partial charge in [0.2, 0.25) is 15.9 Å². The van der Waals surface area contributed by atoms with E-state index in [-0.39, 0.29) is 5.02 Å². The fraction of sp³-hybridized carbons (Fsp3) is 0.500. The summed E-state index contributed by atoms with van der Waals surface area (Å²) in [4.78, 5) is 13.5. The second-order valence-electron chi connectivity index (χ2n) is 4.99. The Morgan fingerprint density at radius 1 is 1.21 bits per heavy atom. The molecule has 0 saturated carbocycles. The average Bonchev–Trinajstić information content (AvgIpc) is 2.44. The van der Waals surface area contributed by atoms with Crippen molar-refractivity contribution in [1.82, 2.24) is 4.90 Å². The van der Waals surface area contributed by atoms with Crippen molar-refractivity contribution in [3.05, 3.63) is 28.8 Å². The molecule has 136 valence electrons. The van der Waals surface area contributed by atoms with E-state index < -0.39 is 39.9 Å². The van der Waals surface area contributed by atoms with E-state index in [1.54, 1.807) is 13.8 Å². The van der Waals surface area contributed by atoms with Crippen molar-refractivity contribution in [3.8, 4) is 0 Å². The van der Waals surface area contributed by atoms with Crippen LogP contribution in [0.2, 0.25) is 5.02 Å². The van der Waals surface area contributed by atoms with Crippen LogP contribution in [0.4, 0.5) is 18.9 Å². The van der Waals surface area contributed by atoms with Crippen LogP contribution in [0.1, 0.15) is 19.4 Å². The fourth-order valence-electron chi connectivity index (χ4n) is 2.13. The molecule has 0 aliphatic rings. The summed E-state index contributed by atoms with van der Waals surface area (Å²) in [6, 6.07) is 2.73. The molecule has 0 N–H and O–H groups in total. The van der Waals surface area contributed by atoms with Gasteiger partial charge in [0.15, 0.2) is 0 Å². The average molecular weight is 387 g/mol. The van der Waals surface area contributed by atoms with Crippen molar-refractivity contribution >= 4 is 33.2 Å². The van der Waals surface area contributed by atoms with Gasteiger partial charge in [-0.2, -0.15) is 13.2 Å². The number of carbonyl (C=O) groups is 1. The molecule has 1 aromatic carbocycles. The van der Waals surface area contributed by atoms with Crippen molar-refractivity contribution in [2.45, 2.75) is 20.0 Å². The number of nitrogens with zero attached hydrogens (tertiary/aromatic N) is 2. The molecule has 24 heavy (non-hydrogen) atoms. The summed E-state index contributed by atoms with van der Waals surface area (Å²) in [6.07, 6.45) is -4.07. The third-order valence-electron chi connectivity index (χ3n) is 3.33. The van der Waals surface area contributed by atoms with Gasteiger partial charge in [-0.05, 0) is 32.0 Å². The highest BCUT2D eigenvalue weighted by atomic mass is 35.5. The Balaban J connectivity index is 3.42. The third-order valence-corrected chi connectivity index (χ3v) is 4.69. The van der Waals surface area contributed by atoms with Gasteiger partial charge in [0, 0.05) is 18.1 Å².